The second-order valence-electron chi connectivity index (χ2n) is 5.29. The molecule has 2 heteroatoms. The van der Waals surface area contributed by atoms with Crippen LogP contribution in [-0.4, -0.2) is 12.1 Å². The molecule has 0 radical (unpaired) electrons. The minimum Gasteiger partial charge on any atom is -0.462 e. The van der Waals surface area contributed by atoms with E-state index in [0.717, 1.165) is 6.42 Å². The summed E-state index contributed by atoms with van der Waals surface area (Å²) >= 11 is 0. The van der Waals surface area contributed by atoms with Crippen LogP contribution in [0.5, 0.6) is 0 Å². The second-order valence-corrected chi connectivity index (χ2v) is 5.29. The highest BCUT2D eigenvalue weighted by Gasteiger charge is 2.54. The van der Waals surface area contributed by atoms with Gasteiger partial charge in [0, 0.05) is 5.92 Å². The van der Waals surface area contributed by atoms with Gasteiger partial charge >= 0.3 is 5.97 Å². The third kappa shape index (κ3) is 1.27. The van der Waals surface area contributed by atoms with Crippen molar-refractivity contribution in [1.29, 1.82) is 0 Å². The molecule has 3 unspecified atom stereocenters. The highest BCUT2D eigenvalue weighted by atomic mass is 16.6. The fourth-order valence-electron chi connectivity index (χ4n) is 3.31. The van der Waals surface area contributed by atoms with Gasteiger partial charge in [-0.2, -0.15) is 0 Å². The van der Waals surface area contributed by atoms with Crippen molar-refractivity contribution >= 4 is 5.97 Å². The Labute approximate surface area is 86.0 Å². The standard InChI is InChI=1S/C12H20O2/c1-4-8-6-5-7-9-10(8)12(2,3)11(13)14-9/h8-10H,4-7H2,1-3H3. The second kappa shape index (κ2) is 3.25. The van der Waals surface area contributed by atoms with E-state index in [1.54, 1.807) is 0 Å². The van der Waals surface area contributed by atoms with Gasteiger partial charge in [0.05, 0.1) is 5.41 Å². The number of carbonyl (C=O) groups is 1. The highest BCUT2D eigenvalue weighted by molar-refractivity contribution is 5.78. The summed E-state index contributed by atoms with van der Waals surface area (Å²) in [5.74, 6) is 1.18. The van der Waals surface area contributed by atoms with Gasteiger partial charge in [-0.15, -0.1) is 0 Å². The maximum atomic E-state index is 11.7. The molecule has 2 aliphatic rings. The topological polar surface area (TPSA) is 26.3 Å². The predicted octanol–water partition coefficient (Wildman–Crippen LogP) is 2.76. The van der Waals surface area contributed by atoms with Gasteiger partial charge in [-0.25, -0.2) is 0 Å². The van der Waals surface area contributed by atoms with Crippen LogP contribution in [0.3, 0.4) is 0 Å². The van der Waals surface area contributed by atoms with Crippen LogP contribution in [0.15, 0.2) is 0 Å². The molecule has 0 bridgehead atoms. The molecular formula is C12H20O2. The van der Waals surface area contributed by atoms with E-state index in [1.807, 2.05) is 13.8 Å². The summed E-state index contributed by atoms with van der Waals surface area (Å²) in [6.07, 6.45) is 4.98. The Kier molecular flexibility index (Phi) is 2.32. The monoisotopic (exact) mass is 196 g/mol. The zero-order chi connectivity index (χ0) is 10.3. The maximum Gasteiger partial charge on any atom is 0.312 e. The Morgan fingerprint density at radius 3 is 2.79 bits per heavy atom. The molecule has 1 aliphatic carbocycles. The molecule has 1 heterocycles. The summed E-state index contributed by atoms with van der Waals surface area (Å²) < 4.78 is 5.47. The summed E-state index contributed by atoms with van der Waals surface area (Å²) in [5.41, 5.74) is -0.244. The van der Waals surface area contributed by atoms with Crippen molar-refractivity contribution in [2.75, 3.05) is 0 Å². The van der Waals surface area contributed by atoms with Crippen molar-refractivity contribution in [2.45, 2.75) is 52.6 Å². The Balaban J connectivity index is 2.26. The van der Waals surface area contributed by atoms with Gasteiger partial charge in [0.25, 0.3) is 0 Å². The number of carbonyl (C=O) groups excluding carboxylic acids is 1. The van der Waals surface area contributed by atoms with Gasteiger partial charge < -0.3 is 4.74 Å². The van der Waals surface area contributed by atoms with Crippen LogP contribution in [0.25, 0.3) is 0 Å². The lowest BCUT2D eigenvalue weighted by Crippen LogP contribution is -2.37. The first-order valence-electron chi connectivity index (χ1n) is 5.78. The van der Waals surface area contributed by atoms with Gasteiger partial charge in [0.2, 0.25) is 0 Å². The molecule has 0 N–H and O–H groups in total. The first kappa shape index (κ1) is 10.0. The first-order valence-corrected chi connectivity index (χ1v) is 5.78. The molecule has 2 rings (SSSR count). The quantitative estimate of drug-likeness (QED) is 0.603. The van der Waals surface area contributed by atoms with Crippen LogP contribution in [0.4, 0.5) is 0 Å². The van der Waals surface area contributed by atoms with E-state index in [9.17, 15) is 4.79 Å². The van der Waals surface area contributed by atoms with Gasteiger partial charge in [-0.05, 0) is 39.0 Å². The van der Waals surface area contributed by atoms with Crippen molar-refractivity contribution < 1.29 is 9.53 Å². The summed E-state index contributed by atoms with van der Waals surface area (Å²) in [6.45, 7) is 6.33. The Bertz CT molecular complexity index is 245. The fraction of sp³-hybridized carbons (Fsp3) is 0.917. The predicted molar refractivity (Wildman–Crippen MR) is 54.8 cm³/mol. The Hall–Kier alpha value is -0.530. The molecule has 0 aromatic carbocycles. The lowest BCUT2D eigenvalue weighted by atomic mass is 9.65. The molecule has 2 nitrogen and oxygen atoms in total. The van der Waals surface area contributed by atoms with Crippen molar-refractivity contribution in [2.24, 2.45) is 17.3 Å². The molecule has 1 saturated carbocycles. The molecule has 2 fully saturated rings. The Morgan fingerprint density at radius 1 is 1.43 bits per heavy atom. The van der Waals surface area contributed by atoms with E-state index < -0.39 is 0 Å². The number of ether oxygens (including phenoxy) is 1. The van der Waals surface area contributed by atoms with E-state index in [1.165, 1.54) is 19.3 Å². The van der Waals surface area contributed by atoms with Crippen LogP contribution in [0.2, 0.25) is 0 Å². The van der Waals surface area contributed by atoms with Gasteiger partial charge in [-0.1, -0.05) is 13.3 Å². The molecule has 3 atom stereocenters. The van der Waals surface area contributed by atoms with Crippen molar-refractivity contribution in [3.05, 3.63) is 0 Å². The molecule has 0 spiro atoms. The third-order valence-corrected chi connectivity index (χ3v) is 4.11. The Morgan fingerprint density at radius 2 is 2.14 bits per heavy atom. The molecular weight excluding hydrogens is 176 g/mol. The van der Waals surface area contributed by atoms with Gasteiger partial charge in [-0.3, -0.25) is 4.79 Å². The lowest BCUT2D eigenvalue weighted by Gasteiger charge is -2.36. The van der Waals surface area contributed by atoms with Crippen molar-refractivity contribution in [3.8, 4) is 0 Å². The first-order chi connectivity index (χ1) is 6.57. The van der Waals surface area contributed by atoms with Crippen LogP contribution >= 0.6 is 0 Å². The largest absolute Gasteiger partial charge is 0.462 e. The van der Waals surface area contributed by atoms with Crippen LogP contribution in [0, 0.1) is 17.3 Å². The lowest BCUT2D eigenvalue weighted by molar-refractivity contribution is -0.147. The number of fused-ring (bicyclic) bond motifs is 1. The van der Waals surface area contributed by atoms with Crippen molar-refractivity contribution in [1.82, 2.24) is 0 Å². The van der Waals surface area contributed by atoms with E-state index >= 15 is 0 Å². The van der Waals surface area contributed by atoms with Gasteiger partial charge in [0.15, 0.2) is 0 Å². The smallest absolute Gasteiger partial charge is 0.312 e. The van der Waals surface area contributed by atoms with E-state index in [0.29, 0.717) is 11.8 Å². The minimum atomic E-state index is -0.244. The number of esters is 1. The SMILES string of the molecule is CCC1CCCC2OC(=O)C(C)(C)C12. The summed E-state index contributed by atoms with van der Waals surface area (Å²) in [4.78, 5) is 11.7. The zero-order valence-corrected chi connectivity index (χ0v) is 9.38. The van der Waals surface area contributed by atoms with Crippen LogP contribution < -0.4 is 0 Å². The highest BCUT2D eigenvalue weighted by Crippen LogP contribution is 2.50. The van der Waals surface area contributed by atoms with Crippen LogP contribution in [-0.2, 0) is 9.53 Å². The minimum absolute atomic E-state index is 0.0212. The maximum absolute atomic E-state index is 11.7. The third-order valence-electron chi connectivity index (χ3n) is 4.11. The molecule has 80 valence electrons. The van der Waals surface area contributed by atoms with Gasteiger partial charge in [0.1, 0.15) is 6.10 Å². The fourth-order valence-corrected chi connectivity index (χ4v) is 3.31. The average molecular weight is 196 g/mol. The average Bonchev–Trinajstić information content (AvgIpc) is 2.38. The van der Waals surface area contributed by atoms with E-state index in [4.69, 9.17) is 4.74 Å². The van der Waals surface area contributed by atoms with E-state index in [2.05, 4.69) is 6.92 Å². The molecule has 0 aromatic rings. The number of rotatable bonds is 1. The molecule has 1 saturated heterocycles. The normalized spacial score (nSPS) is 40.5. The summed E-state index contributed by atoms with van der Waals surface area (Å²) in [7, 11) is 0. The molecule has 0 aromatic heterocycles. The molecule has 14 heavy (non-hydrogen) atoms. The molecule has 1 aliphatic heterocycles. The molecule has 0 amide bonds. The van der Waals surface area contributed by atoms with Crippen molar-refractivity contribution in [3.63, 3.8) is 0 Å². The summed E-state index contributed by atoms with van der Waals surface area (Å²) in [5, 5.41) is 0. The van der Waals surface area contributed by atoms with Crippen LogP contribution in [0.1, 0.15) is 46.5 Å². The number of hydrogen-bond acceptors (Lipinski definition) is 2. The van der Waals surface area contributed by atoms with E-state index in [-0.39, 0.29) is 17.5 Å². The zero-order valence-electron chi connectivity index (χ0n) is 9.38. The number of hydrogen-bond donors (Lipinski definition) is 0. The summed E-state index contributed by atoms with van der Waals surface area (Å²) in [6, 6.07) is 0.